The molecule has 84 valence electrons. The maximum Gasteiger partial charge on any atom is 0.180 e. The van der Waals surface area contributed by atoms with Crippen molar-refractivity contribution in [1.82, 2.24) is 20.0 Å². The summed E-state index contributed by atoms with van der Waals surface area (Å²) in [6, 6.07) is 3.28. The molecule has 0 saturated carbocycles. The van der Waals surface area contributed by atoms with Gasteiger partial charge in [0.05, 0.1) is 6.20 Å². The molecule has 0 aliphatic carbocycles. The first-order valence-corrected chi connectivity index (χ1v) is 6.21. The first-order valence-electron chi connectivity index (χ1n) is 4.32. The van der Waals surface area contributed by atoms with E-state index in [1.54, 1.807) is 12.1 Å². The number of hydrogen-bond donors (Lipinski definition) is 1. The van der Waals surface area contributed by atoms with Gasteiger partial charge >= 0.3 is 0 Å². The second-order valence-electron chi connectivity index (χ2n) is 3.16. The smallest absolute Gasteiger partial charge is 0.180 e. The molecule has 0 bridgehead atoms. The van der Waals surface area contributed by atoms with Gasteiger partial charge in [-0.3, -0.25) is 0 Å². The average molecular weight is 239 g/mol. The number of nitrogens with two attached hydrogens (primary N) is 1. The topological polar surface area (TPSA) is 104 Å². The van der Waals surface area contributed by atoms with Crippen LogP contribution in [0.1, 0.15) is 0 Å². The van der Waals surface area contributed by atoms with Crippen molar-refractivity contribution >= 4 is 15.7 Å². The molecule has 0 aliphatic rings. The number of hydrogen-bond acceptors (Lipinski definition) is 6. The van der Waals surface area contributed by atoms with Gasteiger partial charge in [0.15, 0.2) is 15.7 Å². The van der Waals surface area contributed by atoms with Gasteiger partial charge in [-0.25, -0.2) is 8.42 Å². The normalized spacial score (nSPS) is 11.6. The van der Waals surface area contributed by atoms with E-state index in [2.05, 4.69) is 15.3 Å². The molecule has 16 heavy (non-hydrogen) atoms. The summed E-state index contributed by atoms with van der Waals surface area (Å²) in [7, 11) is -3.38. The summed E-state index contributed by atoms with van der Waals surface area (Å²) < 4.78 is 23.9. The molecule has 7 nitrogen and oxygen atoms in total. The van der Waals surface area contributed by atoms with Crippen molar-refractivity contribution in [3.05, 3.63) is 24.5 Å². The Labute approximate surface area is 91.8 Å². The molecule has 0 fully saturated rings. The minimum Gasteiger partial charge on any atom is -0.382 e. The molecule has 2 aromatic heterocycles. The number of nitrogens with zero attached hydrogens (tertiary/aromatic N) is 4. The molecule has 0 amide bonds. The number of nitrogen functional groups attached to an aromatic ring is 1. The summed E-state index contributed by atoms with van der Waals surface area (Å²) in [5.74, 6) is 0.401. The van der Waals surface area contributed by atoms with Crippen LogP contribution in [0.2, 0.25) is 0 Å². The van der Waals surface area contributed by atoms with Crippen LogP contribution < -0.4 is 5.73 Å². The Kier molecular flexibility index (Phi) is 2.35. The summed E-state index contributed by atoms with van der Waals surface area (Å²) in [4.78, 5) is -0.0156. The molecule has 0 unspecified atom stereocenters. The third-order valence-electron chi connectivity index (χ3n) is 1.95. The highest BCUT2D eigenvalue weighted by Gasteiger charge is 2.17. The van der Waals surface area contributed by atoms with E-state index in [4.69, 9.17) is 5.73 Å². The fraction of sp³-hybridized carbons (Fsp3) is 0.125. The van der Waals surface area contributed by atoms with Gasteiger partial charge in [0.2, 0.25) is 0 Å². The van der Waals surface area contributed by atoms with Gasteiger partial charge in [-0.15, -0.1) is 5.10 Å². The van der Waals surface area contributed by atoms with Crippen LogP contribution >= 0.6 is 0 Å². The van der Waals surface area contributed by atoms with Crippen molar-refractivity contribution in [2.45, 2.75) is 4.90 Å². The van der Waals surface area contributed by atoms with Gasteiger partial charge in [0.1, 0.15) is 10.7 Å². The van der Waals surface area contributed by atoms with Crippen molar-refractivity contribution < 1.29 is 8.42 Å². The predicted octanol–water partition coefficient (Wildman–Crippen LogP) is -0.352. The quantitative estimate of drug-likeness (QED) is 0.768. The molecule has 2 aromatic rings. The van der Waals surface area contributed by atoms with Gasteiger partial charge in [-0.2, -0.15) is 14.9 Å². The van der Waals surface area contributed by atoms with Gasteiger partial charge in [0, 0.05) is 12.5 Å². The highest BCUT2D eigenvalue weighted by Crippen LogP contribution is 2.19. The van der Waals surface area contributed by atoms with E-state index in [1.807, 2.05) is 0 Å². The van der Waals surface area contributed by atoms with E-state index in [-0.39, 0.29) is 10.7 Å². The zero-order valence-electron chi connectivity index (χ0n) is 8.40. The van der Waals surface area contributed by atoms with Crippen molar-refractivity contribution in [3.8, 4) is 5.82 Å². The molecular weight excluding hydrogens is 230 g/mol. The molecule has 0 saturated heterocycles. The third kappa shape index (κ3) is 1.74. The fourth-order valence-corrected chi connectivity index (χ4v) is 1.92. The van der Waals surface area contributed by atoms with Gasteiger partial charge < -0.3 is 5.73 Å². The Morgan fingerprint density at radius 1 is 1.44 bits per heavy atom. The second kappa shape index (κ2) is 3.56. The van der Waals surface area contributed by atoms with Crippen molar-refractivity contribution in [1.29, 1.82) is 0 Å². The number of anilines is 1. The van der Waals surface area contributed by atoms with Gasteiger partial charge in [-0.05, 0) is 12.1 Å². The molecule has 0 atom stereocenters. The maximum atomic E-state index is 11.3. The highest BCUT2D eigenvalue weighted by atomic mass is 32.2. The Hall–Kier alpha value is -1.96. The van der Waals surface area contributed by atoms with Crippen molar-refractivity contribution in [2.75, 3.05) is 12.0 Å². The van der Waals surface area contributed by atoms with Crippen molar-refractivity contribution in [2.24, 2.45) is 0 Å². The minimum atomic E-state index is -3.38. The van der Waals surface area contributed by atoms with E-state index in [1.165, 1.54) is 17.1 Å². The average Bonchev–Trinajstić information content (AvgIpc) is 2.61. The summed E-state index contributed by atoms with van der Waals surface area (Å²) in [5.41, 5.74) is 5.68. The molecular formula is C8H9N5O2S. The second-order valence-corrected chi connectivity index (χ2v) is 5.14. The summed E-state index contributed by atoms with van der Waals surface area (Å²) in [6.07, 6.45) is 3.77. The standard InChI is InChI=1S/C8H9N5O2S/c1-16(14,15)6-5-11-13(8(6)9)7-3-2-4-10-12-7/h2-5H,9H2,1H3. The van der Waals surface area contributed by atoms with Crippen LogP contribution in [0.4, 0.5) is 5.82 Å². The molecule has 0 radical (unpaired) electrons. The summed E-state index contributed by atoms with van der Waals surface area (Å²) in [6.45, 7) is 0. The van der Waals surface area contributed by atoms with E-state index in [0.29, 0.717) is 5.82 Å². The maximum absolute atomic E-state index is 11.3. The lowest BCUT2D eigenvalue weighted by atomic mass is 10.5. The largest absolute Gasteiger partial charge is 0.382 e. The lowest BCUT2D eigenvalue weighted by Crippen LogP contribution is -2.07. The first kappa shape index (κ1) is 10.6. The zero-order valence-corrected chi connectivity index (χ0v) is 9.22. The number of aromatic nitrogens is 4. The predicted molar refractivity (Wildman–Crippen MR) is 56.7 cm³/mol. The van der Waals surface area contributed by atoms with E-state index in [0.717, 1.165) is 6.26 Å². The van der Waals surface area contributed by atoms with E-state index >= 15 is 0 Å². The van der Waals surface area contributed by atoms with Crippen LogP contribution in [0.3, 0.4) is 0 Å². The Bertz CT molecular complexity index is 605. The lowest BCUT2D eigenvalue weighted by Gasteiger charge is -2.01. The summed E-state index contributed by atoms with van der Waals surface area (Å²) in [5, 5.41) is 11.3. The monoisotopic (exact) mass is 239 g/mol. The minimum absolute atomic E-state index is 0.0156. The summed E-state index contributed by atoms with van der Waals surface area (Å²) >= 11 is 0. The highest BCUT2D eigenvalue weighted by molar-refractivity contribution is 7.90. The van der Waals surface area contributed by atoms with Crippen LogP contribution in [0.15, 0.2) is 29.4 Å². The zero-order chi connectivity index (χ0) is 11.8. The molecule has 8 heteroatoms. The number of sulfone groups is 1. The Balaban J connectivity index is 2.59. The Morgan fingerprint density at radius 3 is 2.69 bits per heavy atom. The van der Waals surface area contributed by atoms with E-state index < -0.39 is 9.84 Å². The van der Waals surface area contributed by atoms with E-state index in [9.17, 15) is 8.42 Å². The van der Waals surface area contributed by atoms with Crippen LogP contribution in [-0.2, 0) is 9.84 Å². The SMILES string of the molecule is CS(=O)(=O)c1cnn(-c2cccnn2)c1N. The molecule has 0 spiro atoms. The molecule has 2 N–H and O–H groups in total. The van der Waals surface area contributed by atoms with Crippen LogP contribution in [0.25, 0.3) is 5.82 Å². The van der Waals surface area contributed by atoms with Gasteiger partial charge in [-0.1, -0.05) is 0 Å². The van der Waals surface area contributed by atoms with Crippen LogP contribution in [-0.4, -0.2) is 34.7 Å². The molecule has 0 aromatic carbocycles. The fourth-order valence-electron chi connectivity index (χ4n) is 1.22. The first-order chi connectivity index (χ1) is 7.50. The molecule has 0 aliphatic heterocycles. The number of rotatable bonds is 2. The van der Waals surface area contributed by atoms with Crippen LogP contribution in [0, 0.1) is 0 Å². The lowest BCUT2D eigenvalue weighted by molar-refractivity contribution is 0.602. The molecule has 2 rings (SSSR count). The third-order valence-corrected chi connectivity index (χ3v) is 3.06. The molecule has 2 heterocycles. The van der Waals surface area contributed by atoms with Gasteiger partial charge in [0.25, 0.3) is 0 Å². The van der Waals surface area contributed by atoms with Crippen molar-refractivity contribution in [3.63, 3.8) is 0 Å². The Morgan fingerprint density at radius 2 is 2.19 bits per heavy atom. The van der Waals surface area contributed by atoms with Crippen LogP contribution in [0.5, 0.6) is 0 Å².